The van der Waals surface area contributed by atoms with Crippen molar-refractivity contribution in [3.63, 3.8) is 0 Å². The van der Waals surface area contributed by atoms with E-state index in [4.69, 9.17) is 0 Å². The van der Waals surface area contributed by atoms with Gasteiger partial charge in [-0.05, 0) is 38.5 Å². The number of thioether (sulfide) groups is 1. The van der Waals surface area contributed by atoms with E-state index in [-0.39, 0.29) is 28.6 Å². The maximum absolute atomic E-state index is 12.3. The first kappa shape index (κ1) is 16.4. The van der Waals surface area contributed by atoms with Gasteiger partial charge >= 0.3 is 5.51 Å². The molecule has 20 heavy (non-hydrogen) atoms. The van der Waals surface area contributed by atoms with Gasteiger partial charge in [-0.3, -0.25) is 4.90 Å². The largest absolute Gasteiger partial charge is 0.441 e. The zero-order chi connectivity index (χ0) is 14.9. The first-order chi connectivity index (χ1) is 9.23. The molecule has 118 valence electrons. The summed E-state index contributed by atoms with van der Waals surface area (Å²) in [6, 6.07) is 0. The number of nitrogens with zero attached hydrogens (tertiary/aromatic N) is 1. The summed E-state index contributed by atoms with van der Waals surface area (Å²) in [6.07, 6.45) is 6.08. The van der Waals surface area contributed by atoms with Crippen molar-refractivity contribution < 1.29 is 13.2 Å². The van der Waals surface area contributed by atoms with Crippen LogP contribution < -0.4 is 5.32 Å². The third kappa shape index (κ3) is 4.28. The average molecular weight is 310 g/mol. The predicted octanol–water partition coefficient (Wildman–Crippen LogP) is 3.63. The van der Waals surface area contributed by atoms with Crippen LogP contribution in [0.1, 0.15) is 46.0 Å². The molecule has 0 aromatic rings. The van der Waals surface area contributed by atoms with Crippen LogP contribution in [0.4, 0.5) is 13.2 Å². The van der Waals surface area contributed by atoms with Crippen molar-refractivity contribution >= 4 is 11.8 Å². The molecule has 1 heterocycles. The molecule has 1 saturated heterocycles. The minimum absolute atomic E-state index is 0.0607. The number of alkyl halides is 3. The lowest BCUT2D eigenvalue weighted by molar-refractivity contribution is -0.0334. The van der Waals surface area contributed by atoms with Gasteiger partial charge in [0.1, 0.15) is 0 Å². The molecule has 0 unspecified atom stereocenters. The average Bonchev–Trinajstić information content (AvgIpc) is 2.34. The monoisotopic (exact) mass is 310 g/mol. The van der Waals surface area contributed by atoms with E-state index in [9.17, 15) is 13.2 Å². The molecule has 0 amide bonds. The number of rotatable bonds is 3. The summed E-state index contributed by atoms with van der Waals surface area (Å²) in [7, 11) is 0. The van der Waals surface area contributed by atoms with E-state index in [1.54, 1.807) is 0 Å². The summed E-state index contributed by atoms with van der Waals surface area (Å²) < 4.78 is 36.8. The Bertz CT molecular complexity index is 325. The zero-order valence-electron chi connectivity index (χ0n) is 12.4. The van der Waals surface area contributed by atoms with Crippen molar-refractivity contribution in [3.05, 3.63) is 0 Å². The van der Waals surface area contributed by atoms with Crippen LogP contribution in [0.5, 0.6) is 0 Å². The second-order valence-electron chi connectivity index (χ2n) is 6.72. The molecule has 0 atom stereocenters. The second kappa shape index (κ2) is 6.05. The van der Waals surface area contributed by atoms with Crippen LogP contribution in [-0.2, 0) is 0 Å². The number of piperazine rings is 1. The van der Waals surface area contributed by atoms with Crippen molar-refractivity contribution in [2.75, 3.05) is 25.4 Å². The first-order valence-corrected chi connectivity index (χ1v) is 8.42. The lowest BCUT2D eigenvalue weighted by Gasteiger charge is -2.53. The minimum atomic E-state index is -4.11. The van der Waals surface area contributed by atoms with E-state index in [1.807, 2.05) is 0 Å². The molecule has 2 nitrogen and oxygen atoms in total. The topological polar surface area (TPSA) is 15.3 Å². The molecule has 2 aliphatic rings. The Kier molecular flexibility index (Phi) is 4.97. The molecule has 0 radical (unpaired) electrons. The van der Waals surface area contributed by atoms with Gasteiger partial charge in [0.05, 0.1) is 0 Å². The summed E-state index contributed by atoms with van der Waals surface area (Å²) in [4.78, 5) is 2.26. The van der Waals surface area contributed by atoms with E-state index in [0.29, 0.717) is 6.54 Å². The molecule has 1 spiro atoms. The summed E-state index contributed by atoms with van der Waals surface area (Å²) in [5.74, 6) is 0.128. The highest BCUT2D eigenvalue weighted by Crippen LogP contribution is 2.35. The van der Waals surface area contributed by atoms with Crippen LogP contribution in [0.25, 0.3) is 0 Å². The Morgan fingerprint density at radius 2 is 1.80 bits per heavy atom. The molecule has 1 aliphatic heterocycles. The standard InChI is InChI=1S/C14H25F3N2S/c1-12(2)10-18-13(6-4-3-5-7-13)11-19(12)8-9-20-14(15,16)17/h18H,3-11H2,1-2H3. The van der Waals surface area contributed by atoms with Gasteiger partial charge in [-0.1, -0.05) is 19.3 Å². The first-order valence-electron chi connectivity index (χ1n) is 7.43. The number of nitrogens with one attached hydrogen (secondary N) is 1. The minimum Gasteiger partial charge on any atom is -0.308 e. The van der Waals surface area contributed by atoms with Gasteiger partial charge in [0, 0.05) is 36.5 Å². The third-order valence-electron chi connectivity index (χ3n) is 4.68. The van der Waals surface area contributed by atoms with Crippen LogP contribution in [0, 0.1) is 0 Å². The fourth-order valence-corrected chi connectivity index (χ4v) is 3.91. The van der Waals surface area contributed by atoms with Crippen molar-refractivity contribution in [1.29, 1.82) is 0 Å². The highest BCUT2D eigenvalue weighted by Gasteiger charge is 2.43. The van der Waals surface area contributed by atoms with Gasteiger partial charge < -0.3 is 5.32 Å². The third-order valence-corrected chi connectivity index (χ3v) is 5.40. The van der Waals surface area contributed by atoms with Crippen LogP contribution in [-0.4, -0.2) is 46.9 Å². The molecule has 1 aliphatic carbocycles. The van der Waals surface area contributed by atoms with Gasteiger partial charge in [0.15, 0.2) is 0 Å². The van der Waals surface area contributed by atoms with Crippen molar-refractivity contribution in [1.82, 2.24) is 10.2 Å². The summed E-state index contributed by atoms with van der Waals surface area (Å²) in [5.41, 5.74) is -4.02. The van der Waals surface area contributed by atoms with E-state index < -0.39 is 5.51 Å². The normalized spacial score (nSPS) is 26.9. The fraction of sp³-hybridized carbons (Fsp3) is 1.00. The fourth-order valence-electron chi connectivity index (χ4n) is 3.37. The Hall–Kier alpha value is 0.0600. The number of halogens is 3. The maximum Gasteiger partial charge on any atom is 0.441 e. The zero-order valence-corrected chi connectivity index (χ0v) is 13.2. The predicted molar refractivity (Wildman–Crippen MR) is 78.0 cm³/mol. The smallest absolute Gasteiger partial charge is 0.308 e. The van der Waals surface area contributed by atoms with Gasteiger partial charge in [-0.2, -0.15) is 13.2 Å². The van der Waals surface area contributed by atoms with Gasteiger partial charge in [-0.15, -0.1) is 0 Å². The number of hydrogen-bond acceptors (Lipinski definition) is 3. The Morgan fingerprint density at radius 3 is 2.40 bits per heavy atom. The molecule has 6 heteroatoms. The molecule has 1 saturated carbocycles. The lowest BCUT2D eigenvalue weighted by atomic mass is 9.78. The second-order valence-corrected chi connectivity index (χ2v) is 7.88. The summed E-state index contributed by atoms with van der Waals surface area (Å²) >= 11 is 0.101. The van der Waals surface area contributed by atoms with E-state index >= 15 is 0 Å². The molecule has 2 fully saturated rings. The van der Waals surface area contributed by atoms with Gasteiger partial charge in [-0.25, -0.2) is 0 Å². The Balaban J connectivity index is 1.93. The highest BCUT2D eigenvalue weighted by molar-refractivity contribution is 8.00. The quantitative estimate of drug-likeness (QED) is 0.857. The van der Waals surface area contributed by atoms with Crippen molar-refractivity contribution in [2.24, 2.45) is 0 Å². The maximum atomic E-state index is 12.3. The van der Waals surface area contributed by atoms with Crippen molar-refractivity contribution in [3.8, 4) is 0 Å². The molecular weight excluding hydrogens is 285 g/mol. The SMILES string of the molecule is CC1(C)CNC2(CCCCC2)CN1CCSC(F)(F)F. The van der Waals surface area contributed by atoms with Crippen LogP contribution in [0.3, 0.4) is 0 Å². The van der Waals surface area contributed by atoms with Crippen LogP contribution >= 0.6 is 11.8 Å². The highest BCUT2D eigenvalue weighted by atomic mass is 32.2. The molecule has 0 aromatic heterocycles. The Labute approximate surface area is 123 Å². The van der Waals surface area contributed by atoms with Gasteiger partial charge in [0.25, 0.3) is 0 Å². The van der Waals surface area contributed by atoms with E-state index in [0.717, 1.165) is 25.9 Å². The molecule has 2 rings (SSSR count). The van der Waals surface area contributed by atoms with Crippen molar-refractivity contribution in [2.45, 2.75) is 62.5 Å². The van der Waals surface area contributed by atoms with E-state index in [1.165, 1.54) is 19.3 Å². The summed E-state index contributed by atoms with van der Waals surface area (Å²) in [6.45, 7) is 6.50. The van der Waals surface area contributed by atoms with Crippen LogP contribution in [0.15, 0.2) is 0 Å². The molecule has 0 bridgehead atoms. The Morgan fingerprint density at radius 1 is 1.15 bits per heavy atom. The molecular formula is C14H25F3N2S. The van der Waals surface area contributed by atoms with Crippen LogP contribution in [0.2, 0.25) is 0 Å². The summed E-state index contributed by atoms with van der Waals surface area (Å²) in [5, 5.41) is 3.69. The lowest BCUT2D eigenvalue weighted by Crippen LogP contribution is -2.68. The molecule has 0 aromatic carbocycles. The number of hydrogen-bond donors (Lipinski definition) is 1. The molecule has 1 N–H and O–H groups in total. The van der Waals surface area contributed by atoms with Gasteiger partial charge in [0.2, 0.25) is 0 Å². The van der Waals surface area contributed by atoms with E-state index in [2.05, 4.69) is 24.1 Å².